The van der Waals surface area contributed by atoms with Crippen molar-refractivity contribution in [2.45, 2.75) is 19.6 Å². The fourth-order valence-corrected chi connectivity index (χ4v) is 4.02. The monoisotopic (exact) mass is 572 g/mol. The van der Waals surface area contributed by atoms with Gasteiger partial charge in [0, 0.05) is 5.02 Å². The molecule has 0 unspecified atom stereocenters. The van der Waals surface area contributed by atoms with Gasteiger partial charge in [0.05, 0.1) is 16.7 Å². The summed E-state index contributed by atoms with van der Waals surface area (Å²) in [4.78, 5) is 12.7. The molecule has 5 nitrogen and oxygen atoms in total. The van der Waals surface area contributed by atoms with E-state index in [1.807, 2.05) is 73.7 Å². The van der Waals surface area contributed by atoms with E-state index in [1.165, 1.54) is 0 Å². The van der Waals surface area contributed by atoms with Crippen molar-refractivity contribution in [2.24, 2.45) is 0 Å². The van der Waals surface area contributed by atoms with Gasteiger partial charge in [-0.05, 0) is 76.5 Å². The molecule has 1 N–H and O–H groups in total. The van der Waals surface area contributed by atoms with E-state index in [0.717, 1.165) is 14.7 Å². The van der Waals surface area contributed by atoms with E-state index in [2.05, 4.69) is 27.9 Å². The van der Waals surface area contributed by atoms with Gasteiger partial charge in [0.2, 0.25) is 0 Å². The molecule has 0 aliphatic rings. The molecule has 3 aromatic carbocycles. The van der Waals surface area contributed by atoms with Crippen LogP contribution in [0.25, 0.3) is 6.08 Å². The predicted octanol–water partition coefficient (Wildman–Crippen LogP) is 6.32. The van der Waals surface area contributed by atoms with Gasteiger partial charge in [-0.3, -0.25) is 4.79 Å². The summed E-state index contributed by atoms with van der Waals surface area (Å²) < 4.78 is 12.3. The SMILES string of the molecule is COc1cc(/C=C(\C#N)C(=O)N[C@@H](C)c2ccccc2)cc(I)c1OCc1ccc(Cl)cc1. The van der Waals surface area contributed by atoms with Gasteiger partial charge in [0.1, 0.15) is 18.2 Å². The van der Waals surface area contributed by atoms with E-state index in [0.29, 0.717) is 28.7 Å². The largest absolute Gasteiger partial charge is 0.493 e. The minimum Gasteiger partial charge on any atom is -0.493 e. The van der Waals surface area contributed by atoms with E-state index < -0.39 is 5.91 Å². The Morgan fingerprint density at radius 3 is 2.52 bits per heavy atom. The molecule has 168 valence electrons. The van der Waals surface area contributed by atoms with Crippen LogP contribution in [0.4, 0.5) is 0 Å². The average Bonchev–Trinajstić information content (AvgIpc) is 2.83. The van der Waals surface area contributed by atoms with E-state index >= 15 is 0 Å². The normalized spacial score (nSPS) is 11.9. The number of halogens is 2. The zero-order valence-corrected chi connectivity index (χ0v) is 21.1. The van der Waals surface area contributed by atoms with E-state index in [9.17, 15) is 10.1 Å². The number of carbonyl (C=O) groups excluding carboxylic acids is 1. The highest BCUT2D eigenvalue weighted by Crippen LogP contribution is 2.35. The number of amides is 1. The number of nitriles is 1. The molecule has 0 fully saturated rings. The number of methoxy groups -OCH3 is 1. The van der Waals surface area contributed by atoms with Crippen molar-refractivity contribution in [2.75, 3.05) is 7.11 Å². The Hall–Kier alpha value is -3.02. The molecule has 3 aromatic rings. The summed E-state index contributed by atoms with van der Waals surface area (Å²) in [5, 5.41) is 13.1. The summed E-state index contributed by atoms with van der Waals surface area (Å²) in [5.41, 5.74) is 2.60. The number of nitrogens with zero attached hydrogens (tertiary/aromatic N) is 1. The molecule has 1 amide bonds. The zero-order valence-electron chi connectivity index (χ0n) is 18.1. The fraction of sp³-hybridized carbons (Fsp3) is 0.154. The van der Waals surface area contributed by atoms with Crippen molar-refractivity contribution >= 4 is 46.2 Å². The number of ether oxygens (including phenoxy) is 2. The molecule has 0 saturated heterocycles. The first-order valence-electron chi connectivity index (χ1n) is 10.1. The lowest BCUT2D eigenvalue weighted by Crippen LogP contribution is -2.27. The third kappa shape index (κ3) is 6.73. The van der Waals surface area contributed by atoms with Gasteiger partial charge in [0.25, 0.3) is 5.91 Å². The lowest BCUT2D eigenvalue weighted by Gasteiger charge is -2.15. The molecule has 0 heterocycles. The van der Waals surface area contributed by atoms with Crippen LogP contribution in [0, 0.1) is 14.9 Å². The maximum absolute atomic E-state index is 12.7. The summed E-state index contributed by atoms with van der Waals surface area (Å²) in [7, 11) is 1.55. The van der Waals surface area contributed by atoms with Gasteiger partial charge in [-0.1, -0.05) is 54.1 Å². The molecule has 0 radical (unpaired) electrons. The first kappa shape index (κ1) is 24.6. The predicted molar refractivity (Wildman–Crippen MR) is 138 cm³/mol. The van der Waals surface area contributed by atoms with Gasteiger partial charge in [-0.2, -0.15) is 5.26 Å². The highest BCUT2D eigenvalue weighted by atomic mass is 127. The maximum Gasteiger partial charge on any atom is 0.262 e. The Kier molecular flexibility index (Phi) is 8.75. The standard InChI is InChI=1S/C26H22ClIN2O3/c1-17(20-6-4-3-5-7-20)30-26(31)21(15-29)12-19-13-23(28)25(24(14-19)32-2)33-16-18-8-10-22(27)11-9-18/h3-14,17H,16H2,1-2H3,(H,30,31)/b21-12+/t17-/m0/s1. The molecule has 7 heteroatoms. The number of hydrogen-bond donors (Lipinski definition) is 1. The molecule has 0 aliphatic carbocycles. The summed E-state index contributed by atoms with van der Waals surface area (Å²) >= 11 is 8.08. The Bertz CT molecular complexity index is 1190. The van der Waals surface area contributed by atoms with Crippen LogP contribution in [0.1, 0.15) is 29.7 Å². The molecule has 33 heavy (non-hydrogen) atoms. The minimum absolute atomic E-state index is 0.00506. The third-order valence-corrected chi connectivity index (χ3v) is 5.92. The van der Waals surface area contributed by atoms with Crippen molar-refractivity contribution in [3.05, 3.63) is 97.6 Å². The molecule has 0 aromatic heterocycles. The van der Waals surface area contributed by atoms with E-state index in [4.69, 9.17) is 21.1 Å². The molecule has 0 spiro atoms. The Morgan fingerprint density at radius 1 is 1.18 bits per heavy atom. The smallest absolute Gasteiger partial charge is 0.262 e. The van der Waals surface area contributed by atoms with E-state index in [1.54, 1.807) is 19.3 Å². The zero-order chi connectivity index (χ0) is 23.8. The first-order valence-corrected chi connectivity index (χ1v) is 11.6. The van der Waals surface area contributed by atoms with Crippen LogP contribution < -0.4 is 14.8 Å². The summed E-state index contributed by atoms with van der Waals surface area (Å²) in [6.45, 7) is 2.23. The van der Waals surface area contributed by atoms with Crippen LogP contribution in [0.3, 0.4) is 0 Å². The number of benzene rings is 3. The second kappa shape index (κ2) is 11.7. The fourth-order valence-electron chi connectivity index (χ4n) is 3.11. The molecular weight excluding hydrogens is 551 g/mol. The minimum atomic E-state index is -0.439. The van der Waals surface area contributed by atoms with Crippen LogP contribution in [0.15, 0.2) is 72.3 Å². The van der Waals surface area contributed by atoms with Crippen LogP contribution >= 0.6 is 34.2 Å². The lowest BCUT2D eigenvalue weighted by atomic mass is 10.1. The molecule has 0 aliphatic heterocycles. The summed E-state index contributed by atoms with van der Waals surface area (Å²) in [5.74, 6) is 0.661. The van der Waals surface area contributed by atoms with Crippen LogP contribution in [0.5, 0.6) is 11.5 Å². The lowest BCUT2D eigenvalue weighted by molar-refractivity contribution is -0.117. The van der Waals surface area contributed by atoms with Gasteiger partial charge in [-0.25, -0.2) is 0 Å². The number of hydrogen-bond acceptors (Lipinski definition) is 4. The number of nitrogens with one attached hydrogen (secondary N) is 1. The van der Waals surface area contributed by atoms with Crippen molar-refractivity contribution in [3.8, 4) is 17.6 Å². The van der Waals surface area contributed by atoms with Crippen molar-refractivity contribution in [1.29, 1.82) is 5.26 Å². The Morgan fingerprint density at radius 2 is 1.88 bits per heavy atom. The molecule has 0 bridgehead atoms. The van der Waals surface area contributed by atoms with Crippen LogP contribution in [-0.4, -0.2) is 13.0 Å². The van der Waals surface area contributed by atoms with Gasteiger partial charge in [0.15, 0.2) is 11.5 Å². The quantitative estimate of drug-likeness (QED) is 0.195. The van der Waals surface area contributed by atoms with Crippen molar-refractivity contribution in [1.82, 2.24) is 5.32 Å². The Balaban J connectivity index is 1.78. The third-order valence-electron chi connectivity index (χ3n) is 4.87. The van der Waals surface area contributed by atoms with Crippen molar-refractivity contribution in [3.63, 3.8) is 0 Å². The molecule has 0 saturated carbocycles. The number of carbonyl (C=O) groups is 1. The highest BCUT2D eigenvalue weighted by molar-refractivity contribution is 14.1. The maximum atomic E-state index is 12.7. The summed E-state index contributed by atoms with van der Waals surface area (Å²) in [6.07, 6.45) is 1.54. The number of rotatable bonds is 8. The van der Waals surface area contributed by atoms with Gasteiger partial charge in [-0.15, -0.1) is 0 Å². The van der Waals surface area contributed by atoms with Gasteiger partial charge >= 0.3 is 0 Å². The molecule has 1 atom stereocenters. The second-order valence-electron chi connectivity index (χ2n) is 7.22. The van der Waals surface area contributed by atoms with Crippen LogP contribution in [-0.2, 0) is 11.4 Å². The summed E-state index contributed by atoms with van der Waals surface area (Å²) in [6, 6.07) is 22.3. The van der Waals surface area contributed by atoms with Crippen molar-refractivity contribution < 1.29 is 14.3 Å². The van der Waals surface area contributed by atoms with E-state index in [-0.39, 0.29) is 11.6 Å². The molecule has 3 rings (SSSR count). The highest BCUT2D eigenvalue weighted by Gasteiger charge is 2.16. The average molecular weight is 573 g/mol. The first-order chi connectivity index (χ1) is 15.9. The Labute approximate surface area is 212 Å². The molecular formula is C26H22ClIN2O3. The van der Waals surface area contributed by atoms with Crippen LogP contribution in [0.2, 0.25) is 5.02 Å². The topological polar surface area (TPSA) is 71.3 Å². The second-order valence-corrected chi connectivity index (χ2v) is 8.82. The van der Waals surface area contributed by atoms with Gasteiger partial charge < -0.3 is 14.8 Å².